The number of nitro groups is 1. The third-order valence-corrected chi connectivity index (χ3v) is 3.29. The minimum absolute atomic E-state index is 0.247. The Morgan fingerprint density at radius 1 is 1.42 bits per heavy atom. The van der Waals surface area contributed by atoms with E-state index in [1.54, 1.807) is 12.3 Å². The molecule has 0 aliphatic carbocycles. The predicted octanol–water partition coefficient (Wildman–Crippen LogP) is 3.12. The van der Waals surface area contributed by atoms with Gasteiger partial charge in [0.05, 0.1) is 4.92 Å². The summed E-state index contributed by atoms with van der Waals surface area (Å²) in [6.07, 6.45) is 1.62. The first-order valence-electron chi connectivity index (χ1n) is 5.42. The van der Waals surface area contributed by atoms with Gasteiger partial charge in [0.25, 0.3) is 0 Å². The van der Waals surface area contributed by atoms with Crippen LogP contribution in [0.25, 0.3) is 0 Å². The summed E-state index contributed by atoms with van der Waals surface area (Å²) in [7, 11) is 0. The van der Waals surface area contributed by atoms with Gasteiger partial charge in [-0.1, -0.05) is 23.9 Å². The van der Waals surface area contributed by atoms with E-state index in [2.05, 4.69) is 9.97 Å². The first kappa shape index (κ1) is 13.4. The molecular formula is C12H10FN3O2S. The maximum atomic E-state index is 13.8. The molecule has 0 unspecified atom stereocenters. The second-order valence-corrected chi connectivity index (χ2v) is 4.72. The Morgan fingerprint density at radius 2 is 2.21 bits per heavy atom. The zero-order chi connectivity index (χ0) is 13.8. The second-order valence-electron chi connectivity index (χ2n) is 3.78. The molecule has 5 nitrogen and oxygen atoms in total. The first-order valence-corrected chi connectivity index (χ1v) is 6.40. The van der Waals surface area contributed by atoms with Crippen molar-refractivity contribution in [3.05, 3.63) is 57.7 Å². The largest absolute Gasteiger partial charge is 0.305 e. The van der Waals surface area contributed by atoms with Gasteiger partial charge in [0.2, 0.25) is 5.82 Å². The van der Waals surface area contributed by atoms with Gasteiger partial charge < -0.3 is 0 Å². The van der Waals surface area contributed by atoms with Crippen LogP contribution >= 0.6 is 11.8 Å². The maximum absolute atomic E-state index is 13.8. The average molecular weight is 279 g/mol. The molecule has 0 radical (unpaired) electrons. The molecule has 0 amide bonds. The minimum atomic E-state index is -0.798. The van der Waals surface area contributed by atoms with Crippen molar-refractivity contribution in [2.24, 2.45) is 0 Å². The summed E-state index contributed by atoms with van der Waals surface area (Å²) in [5, 5.41) is 11.1. The molecule has 98 valence electrons. The number of hydrogen-bond acceptors (Lipinski definition) is 5. The monoisotopic (exact) mass is 279 g/mol. The van der Waals surface area contributed by atoms with Crippen molar-refractivity contribution in [3.63, 3.8) is 0 Å². The average Bonchev–Trinajstić information content (AvgIpc) is 2.37. The number of hydrogen-bond donors (Lipinski definition) is 0. The van der Waals surface area contributed by atoms with E-state index in [4.69, 9.17) is 0 Å². The summed E-state index contributed by atoms with van der Waals surface area (Å²) in [4.78, 5) is 18.1. The highest BCUT2D eigenvalue weighted by atomic mass is 32.2. The highest BCUT2D eigenvalue weighted by molar-refractivity contribution is 7.98. The number of nitro benzene ring substituents is 1. The summed E-state index contributed by atoms with van der Waals surface area (Å²) in [5.41, 5.74) is 0.574. The molecule has 0 fully saturated rings. The van der Waals surface area contributed by atoms with Crippen molar-refractivity contribution in [2.45, 2.75) is 17.8 Å². The minimum Gasteiger partial charge on any atom is -0.258 e. The normalized spacial score (nSPS) is 10.4. The van der Waals surface area contributed by atoms with Crippen molar-refractivity contribution >= 4 is 17.4 Å². The molecule has 2 rings (SSSR count). The van der Waals surface area contributed by atoms with Crippen molar-refractivity contribution in [2.75, 3.05) is 0 Å². The number of benzene rings is 1. The Hall–Kier alpha value is -2.02. The lowest BCUT2D eigenvalue weighted by atomic mass is 10.2. The summed E-state index contributed by atoms with van der Waals surface area (Å²) < 4.78 is 13.8. The number of halogens is 1. The Balaban J connectivity index is 2.16. The lowest BCUT2D eigenvalue weighted by Crippen LogP contribution is -1.97. The van der Waals surface area contributed by atoms with Gasteiger partial charge in [0.1, 0.15) is 0 Å². The van der Waals surface area contributed by atoms with E-state index in [9.17, 15) is 14.5 Å². The van der Waals surface area contributed by atoms with Crippen molar-refractivity contribution in [1.82, 2.24) is 9.97 Å². The van der Waals surface area contributed by atoms with E-state index in [1.807, 2.05) is 6.92 Å². The van der Waals surface area contributed by atoms with E-state index in [0.29, 0.717) is 5.16 Å². The zero-order valence-corrected chi connectivity index (χ0v) is 10.9. The molecule has 19 heavy (non-hydrogen) atoms. The van der Waals surface area contributed by atoms with Crippen LogP contribution in [0.15, 0.2) is 35.6 Å². The molecule has 2 aromatic rings. The van der Waals surface area contributed by atoms with Crippen molar-refractivity contribution in [1.29, 1.82) is 0 Å². The molecule has 1 aromatic carbocycles. The first-order chi connectivity index (χ1) is 9.08. The lowest BCUT2D eigenvalue weighted by molar-refractivity contribution is -0.387. The standard InChI is InChI=1S/C12H10FN3O2S/c1-8-5-6-14-12(15-8)19-7-9-3-2-4-10(11(9)13)16(17)18/h2-6H,7H2,1H3. The molecule has 0 saturated heterocycles. The second kappa shape index (κ2) is 5.75. The predicted molar refractivity (Wildman–Crippen MR) is 69.4 cm³/mol. The van der Waals surface area contributed by atoms with Crippen LogP contribution in [0, 0.1) is 22.9 Å². The third kappa shape index (κ3) is 3.25. The van der Waals surface area contributed by atoms with E-state index in [0.717, 1.165) is 11.8 Å². The Bertz CT molecular complexity index is 622. The molecule has 0 atom stereocenters. The van der Waals surface area contributed by atoms with E-state index in [1.165, 1.54) is 23.9 Å². The number of thioether (sulfide) groups is 1. The van der Waals surface area contributed by atoms with Crippen LogP contribution < -0.4 is 0 Å². The van der Waals surface area contributed by atoms with Gasteiger partial charge in [-0.3, -0.25) is 10.1 Å². The topological polar surface area (TPSA) is 68.9 Å². The van der Waals surface area contributed by atoms with Gasteiger partial charge in [0, 0.05) is 29.3 Å². The van der Waals surface area contributed by atoms with Crippen LogP contribution in [0.5, 0.6) is 0 Å². The quantitative estimate of drug-likeness (QED) is 0.372. The molecule has 1 heterocycles. The smallest absolute Gasteiger partial charge is 0.258 e. The molecular weight excluding hydrogens is 269 g/mol. The zero-order valence-electron chi connectivity index (χ0n) is 10.0. The molecule has 0 saturated carbocycles. The van der Waals surface area contributed by atoms with Crippen LogP contribution in [-0.2, 0) is 5.75 Å². The van der Waals surface area contributed by atoms with Gasteiger partial charge in [0.15, 0.2) is 5.16 Å². The highest BCUT2D eigenvalue weighted by Crippen LogP contribution is 2.25. The van der Waals surface area contributed by atoms with Gasteiger partial charge >= 0.3 is 5.69 Å². The van der Waals surface area contributed by atoms with Crippen molar-refractivity contribution < 1.29 is 9.31 Å². The summed E-state index contributed by atoms with van der Waals surface area (Å²) in [6, 6.07) is 5.89. The van der Waals surface area contributed by atoms with Gasteiger partial charge in [-0.05, 0) is 13.0 Å². The van der Waals surface area contributed by atoms with Crippen LogP contribution in [0.1, 0.15) is 11.3 Å². The summed E-state index contributed by atoms with van der Waals surface area (Å²) in [5.74, 6) is -0.551. The van der Waals surface area contributed by atoms with Gasteiger partial charge in [-0.15, -0.1) is 0 Å². The molecule has 1 aromatic heterocycles. The maximum Gasteiger partial charge on any atom is 0.305 e. The van der Waals surface area contributed by atoms with E-state index in [-0.39, 0.29) is 11.3 Å². The SMILES string of the molecule is Cc1ccnc(SCc2cccc([N+](=O)[O-])c2F)n1. The molecule has 7 heteroatoms. The van der Waals surface area contributed by atoms with Crippen LogP contribution in [0.2, 0.25) is 0 Å². The van der Waals surface area contributed by atoms with E-state index >= 15 is 0 Å². The molecule has 0 aliphatic rings. The highest BCUT2D eigenvalue weighted by Gasteiger charge is 2.17. The molecule has 0 bridgehead atoms. The molecule has 0 N–H and O–H groups in total. The summed E-state index contributed by atoms with van der Waals surface area (Å²) in [6.45, 7) is 1.83. The van der Waals surface area contributed by atoms with Gasteiger partial charge in [-0.2, -0.15) is 4.39 Å². The fourth-order valence-corrected chi connectivity index (χ4v) is 2.31. The van der Waals surface area contributed by atoms with Crippen LogP contribution in [0.3, 0.4) is 0 Å². The van der Waals surface area contributed by atoms with Crippen LogP contribution in [0.4, 0.5) is 10.1 Å². The number of aromatic nitrogens is 2. The lowest BCUT2D eigenvalue weighted by Gasteiger charge is -2.03. The Labute approximate surface area is 113 Å². The number of aryl methyl sites for hydroxylation is 1. The Morgan fingerprint density at radius 3 is 2.89 bits per heavy atom. The van der Waals surface area contributed by atoms with E-state index < -0.39 is 16.4 Å². The van der Waals surface area contributed by atoms with Gasteiger partial charge in [-0.25, -0.2) is 9.97 Å². The fourth-order valence-electron chi connectivity index (χ4n) is 1.46. The fraction of sp³-hybridized carbons (Fsp3) is 0.167. The van der Waals surface area contributed by atoms with Crippen LogP contribution in [-0.4, -0.2) is 14.9 Å². The summed E-state index contributed by atoms with van der Waals surface area (Å²) >= 11 is 1.24. The number of nitrogens with zero attached hydrogens (tertiary/aromatic N) is 3. The van der Waals surface area contributed by atoms with Crippen molar-refractivity contribution in [3.8, 4) is 0 Å². The number of rotatable bonds is 4. The third-order valence-electron chi connectivity index (χ3n) is 2.38. The molecule has 0 spiro atoms. The Kier molecular flexibility index (Phi) is 4.06. The molecule has 0 aliphatic heterocycles.